The number of aliphatic hydroxyl groups excluding tert-OH is 1. The lowest BCUT2D eigenvalue weighted by molar-refractivity contribution is -0.116. The third-order valence-electron chi connectivity index (χ3n) is 3.95. The minimum absolute atomic E-state index is 0.0369. The second kappa shape index (κ2) is 6.68. The number of ketones is 1. The van der Waals surface area contributed by atoms with E-state index in [0.717, 1.165) is 18.5 Å². The largest absolute Gasteiger partial charge is 0.511 e. The summed E-state index contributed by atoms with van der Waals surface area (Å²) >= 11 is 0. The van der Waals surface area contributed by atoms with E-state index in [1.807, 2.05) is 0 Å². The topological polar surface area (TPSA) is 84.6 Å². The van der Waals surface area contributed by atoms with Crippen LogP contribution in [0.15, 0.2) is 17.2 Å². The molecule has 118 valence electrons. The summed E-state index contributed by atoms with van der Waals surface area (Å²) < 4.78 is 1.62. The molecule has 2 rings (SSSR count). The number of carbonyl (C=O) groups is 1. The van der Waals surface area contributed by atoms with Gasteiger partial charge in [-0.15, -0.1) is 0 Å². The Morgan fingerprint density at radius 2 is 2.00 bits per heavy atom. The maximum atomic E-state index is 12.4. The van der Waals surface area contributed by atoms with Crippen molar-refractivity contribution in [3.05, 3.63) is 33.5 Å². The predicted molar refractivity (Wildman–Crippen MR) is 83.7 cm³/mol. The van der Waals surface area contributed by atoms with Gasteiger partial charge in [0, 0.05) is 24.8 Å². The maximum Gasteiger partial charge on any atom is 0.194 e. The van der Waals surface area contributed by atoms with Crippen molar-refractivity contribution in [2.24, 2.45) is 0 Å². The van der Waals surface area contributed by atoms with Crippen LogP contribution < -0.4 is 10.6 Å². The molecule has 0 aliphatic rings. The van der Waals surface area contributed by atoms with E-state index in [1.54, 1.807) is 4.52 Å². The van der Waals surface area contributed by atoms with E-state index in [2.05, 4.69) is 23.9 Å². The lowest BCUT2D eigenvalue weighted by atomic mass is 9.98. The molecule has 0 saturated carbocycles. The molecule has 0 radical (unpaired) electrons. The Balaban J connectivity index is 2.69. The van der Waals surface area contributed by atoms with Gasteiger partial charge in [0.05, 0.1) is 5.69 Å². The van der Waals surface area contributed by atoms with Gasteiger partial charge in [0.2, 0.25) is 0 Å². The number of hydrogen-bond acceptors (Lipinski definition) is 5. The van der Waals surface area contributed by atoms with Crippen LogP contribution in [-0.4, -0.2) is 25.5 Å². The third-order valence-corrected chi connectivity index (χ3v) is 3.95. The summed E-state index contributed by atoms with van der Waals surface area (Å²) in [6.07, 6.45) is 3.49. The van der Waals surface area contributed by atoms with Gasteiger partial charge in [-0.25, -0.2) is 9.50 Å². The molecule has 22 heavy (non-hydrogen) atoms. The van der Waals surface area contributed by atoms with E-state index in [9.17, 15) is 14.7 Å². The van der Waals surface area contributed by atoms with E-state index < -0.39 is 0 Å². The quantitative estimate of drug-likeness (QED) is 0.878. The highest BCUT2D eigenvalue weighted by Crippen LogP contribution is 2.21. The molecule has 0 aliphatic carbocycles. The molecule has 0 saturated heterocycles. The molecule has 2 heterocycles. The number of carbonyl (C=O) groups excluding carboxylic acids is 1. The Kier molecular flexibility index (Phi) is 4.90. The Morgan fingerprint density at radius 3 is 2.59 bits per heavy atom. The Bertz CT molecular complexity index is 791. The minimum Gasteiger partial charge on any atom is -0.511 e. The predicted octanol–water partition coefficient (Wildman–Crippen LogP) is 1.75. The van der Waals surface area contributed by atoms with Crippen molar-refractivity contribution < 1.29 is 9.90 Å². The number of aliphatic hydroxyl groups is 1. The SMILES string of the molecule is CCC(CC)c1cc(=O)/c(=C(/O)CCC(C)=O)c2ncnn12. The highest BCUT2D eigenvalue weighted by atomic mass is 16.3. The van der Waals surface area contributed by atoms with E-state index in [4.69, 9.17) is 0 Å². The first-order valence-corrected chi connectivity index (χ1v) is 7.57. The molecule has 1 N–H and O–H groups in total. The van der Waals surface area contributed by atoms with Crippen LogP contribution >= 0.6 is 0 Å². The zero-order chi connectivity index (χ0) is 16.3. The number of aromatic nitrogens is 3. The molecule has 0 aliphatic heterocycles. The summed E-state index contributed by atoms with van der Waals surface area (Å²) in [5.74, 6) is 0.0738. The molecule has 0 fully saturated rings. The highest BCUT2D eigenvalue weighted by molar-refractivity contribution is 5.76. The molecular formula is C16H21N3O3. The minimum atomic E-state index is -0.275. The van der Waals surface area contributed by atoms with Crippen molar-refractivity contribution in [2.75, 3.05) is 0 Å². The van der Waals surface area contributed by atoms with Crippen molar-refractivity contribution in [1.82, 2.24) is 14.6 Å². The maximum absolute atomic E-state index is 12.4. The van der Waals surface area contributed by atoms with Crippen molar-refractivity contribution in [2.45, 2.75) is 52.4 Å². The molecular weight excluding hydrogens is 282 g/mol. The molecule has 6 nitrogen and oxygen atoms in total. The fourth-order valence-electron chi connectivity index (χ4n) is 2.67. The monoisotopic (exact) mass is 303 g/mol. The summed E-state index contributed by atoms with van der Waals surface area (Å²) in [4.78, 5) is 27.6. The fraction of sp³-hybridized carbons (Fsp3) is 0.500. The zero-order valence-corrected chi connectivity index (χ0v) is 13.2. The standard InChI is InChI=1S/C16H21N3O3/c1-4-11(5-2)12-8-14(22)15(13(21)7-6-10(3)20)16-17-9-18-19(12)16/h8-9,11,21H,4-7H2,1-3H3/b15-13-. The van der Waals surface area contributed by atoms with Crippen LogP contribution in [0, 0.1) is 0 Å². The number of rotatable bonds is 6. The molecule has 6 heteroatoms. The smallest absolute Gasteiger partial charge is 0.194 e. The fourth-order valence-corrected chi connectivity index (χ4v) is 2.67. The van der Waals surface area contributed by atoms with Crippen molar-refractivity contribution >= 4 is 17.2 Å². The highest BCUT2D eigenvalue weighted by Gasteiger charge is 2.16. The van der Waals surface area contributed by atoms with E-state index in [1.165, 1.54) is 19.3 Å². The number of hydrogen-bond donors (Lipinski definition) is 1. The zero-order valence-electron chi connectivity index (χ0n) is 13.2. The van der Waals surface area contributed by atoms with E-state index in [0.29, 0.717) is 5.65 Å². The first kappa shape index (κ1) is 16.1. The molecule has 2 aromatic heterocycles. The lowest BCUT2D eigenvalue weighted by Crippen LogP contribution is -2.31. The Labute approximate surface area is 128 Å². The van der Waals surface area contributed by atoms with Crippen molar-refractivity contribution in [3.8, 4) is 0 Å². The summed E-state index contributed by atoms with van der Waals surface area (Å²) in [7, 11) is 0. The molecule has 0 aromatic carbocycles. The van der Waals surface area contributed by atoms with Crippen molar-refractivity contribution in [1.29, 1.82) is 0 Å². The van der Waals surface area contributed by atoms with E-state index in [-0.39, 0.29) is 40.9 Å². The van der Waals surface area contributed by atoms with Crippen LogP contribution in [0.25, 0.3) is 11.4 Å². The van der Waals surface area contributed by atoms with Crippen LogP contribution in [0.2, 0.25) is 0 Å². The summed E-state index contributed by atoms with van der Waals surface area (Å²) in [6, 6.07) is 1.53. The van der Waals surface area contributed by atoms with Gasteiger partial charge < -0.3 is 9.90 Å². The average molecular weight is 303 g/mol. The van der Waals surface area contributed by atoms with Gasteiger partial charge in [0.15, 0.2) is 11.1 Å². The van der Waals surface area contributed by atoms with Gasteiger partial charge in [-0.3, -0.25) is 4.79 Å². The summed E-state index contributed by atoms with van der Waals surface area (Å²) in [5.41, 5.74) is 0.893. The van der Waals surface area contributed by atoms with Crippen LogP contribution in [0.3, 0.4) is 0 Å². The second-order valence-electron chi connectivity index (χ2n) is 5.47. The normalized spacial score (nSPS) is 12.9. The first-order valence-electron chi connectivity index (χ1n) is 7.57. The molecule has 0 amide bonds. The van der Waals surface area contributed by atoms with E-state index >= 15 is 0 Å². The lowest BCUT2D eigenvalue weighted by Gasteiger charge is -2.13. The Morgan fingerprint density at radius 1 is 1.32 bits per heavy atom. The summed E-state index contributed by atoms with van der Waals surface area (Å²) in [5, 5.41) is 14.5. The van der Waals surface area contributed by atoms with Gasteiger partial charge >= 0.3 is 0 Å². The number of Topliss-reactive ketones (excluding diaryl/α,β-unsaturated/α-hetero) is 1. The van der Waals surface area contributed by atoms with Gasteiger partial charge in [0.25, 0.3) is 0 Å². The van der Waals surface area contributed by atoms with Crippen molar-refractivity contribution in [3.63, 3.8) is 0 Å². The molecule has 2 aromatic rings. The van der Waals surface area contributed by atoms with Gasteiger partial charge in [0.1, 0.15) is 23.1 Å². The third kappa shape index (κ3) is 3.00. The van der Waals surface area contributed by atoms with Gasteiger partial charge in [-0.1, -0.05) is 13.8 Å². The molecule has 0 unspecified atom stereocenters. The second-order valence-corrected chi connectivity index (χ2v) is 5.47. The van der Waals surface area contributed by atoms with Gasteiger partial charge in [-0.05, 0) is 19.8 Å². The number of nitrogens with zero attached hydrogens (tertiary/aromatic N) is 3. The average Bonchev–Trinajstić information content (AvgIpc) is 2.95. The summed E-state index contributed by atoms with van der Waals surface area (Å²) in [6.45, 7) is 5.58. The van der Waals surface area contributed by atoms with Crippen LogP contribution in [0.1, 0.15) is 58.1 Å². The number of fused-ring (bicyclic) bond motifs is 1. The van der Waals surface area contributed by atoms with Crippen LogP contribution in [0.4, 0.5) is 0 Å². The molecule has 0 spiro atoms. The van der Waals surface area contributed by atoms with Crippen LogP contribution in [0.5, 0.6) is 0 Å². The first-order chi connectivity index (χ1) is 10.5. The molecule has 0 bridgehead atoms. The van der Waals surface area contributed by atoms with Crippen LogP contribution in [-0.2, 0) is 4.79 Å². The molecule has 0 atom stereocenters. The number of pyridine rings is 1. The Hall–Kier alpha value is -2.24. The van der Waals surface area contributed by atoms with Gasteiger partial charge in [-0.2, -0.15) is 5.10 Å².